The van der Waals surface area contributed by atoms with Crippen molar-refractivity contribution < 1.29 is 14.3 Å². The van der Waals surface area contributed by atoms with Gasteiger partial charge in [-0.05, 0) is 17.7 Å². The number of aromatic amines is 1. The zero-order chi connectivity index (χ0) is 13.7. The number of aromatic nitrogens is 2. The van der Waals surface area contributed by atoms with E-state index in [9.17, 15) is 4.79 Å². The molecule has 0 aliphatic rings. The molecule has 0 spiro atoms. The molecule has 0 bridgehead atoms. The van der Waals surface area contributed by atoms with Crippen LogP contribution in [0.2, 0.25) is 0 Å². The van der Waals surface area contributed by atoms with Crippen molar-refractivity contribution in [2.75, 3.05) is 19.5 Å². The zero-order valence-electron chi connectivity index (χ0n) is 10.8. The van der Waals surface area contributed by atoms with Gasteiger partial charge in [0.1, 0.15) is 17.3 Å². The fourth-order valence-electron chi connectivity index (χ4n) is 1.56. The van der Waals surface area contributed by atoms with E-state index in [-0.39, 0.29) is 0 Å². The third kappa shape index (κ3) is 3.25. The molecule has 0 saturated heterocycles. The molecule has 0 radical (unpaired) electrons. The first-order valence-electron chi connectivity index (χ1n) is 5.73. The van der Waals surface area contributed by atoms with Crippen molar-refractivity contribution in [3.8, 4) is 5.75 Å². The highest BCUT2D eigenvalue weighted by Gasteiger charge is 2.09. The predicted molar refractivity (Wildman–Crippen MR) is 70.2 cm³/mol. The van der Waals surface area contributed by atoms with Crippen molar-refractivity contribution in [2.45, 2.75) is 6.54 Å². The second kappa shape index (κ2) is 5.90. The van der Waals surface area contributed by atoms with Crippen LogP contribution in [0.25, 0.3) is 0 Å². The average Bonchev–Trinajstić information content (AvgIpc) is 2.93. The summed E-state index contributed by atoms with van der Waals surface area (Å²) in [5.41, 5.74) is 1.41. The largest absolute Gasteiger partial charge is 0.497 e. The molecule has 0 saturated carbocycles. The molecular weight excluding hydrogens is 246 g/mol. The molecule has 6 nitrogen and oxygen atoms in total. The molecule has 6 heteroatoms. The van der Waals surface area contributed by atoms with Crippen molar-refractivity contribution in [1.82, 2.24) is 10.2 Å². The van der Waals surface area contributed by atoms with Crippen LogP contribution in [0.1, 0.15) is 16.1 Å². The highest BCUT2D eigenvalue weighted by atomic mass is 16.5. The number of nitrogens with zero attached hydrogens (tertiary/aromatic N) is 1. The lowest BCUT2D eigenvalue weighted by atomic mass is 10.2. The van der Waals surface area contributed by atoms with Gasteiger partial charge in [-0.3, -0.25) is 5.10 Å². The molecule has 0 unspecified atom stereocenters. The Morgan fingerprint density at radius 3 is 2.68 bits per heavy atom. The number of carbonyl (C=O) groups excluding carboxylic acids is 1. The highest BCUT2D eigenvalue weighted by Crippen LogP contribution is 2.13. The number of methoxy groups -OCH3 is 2. The summed E-state index contributed by atoms with van der Waals surface area (Å²) in [4.78, 5) is 11.2. The monoisotopic (exact) mass is 261 g/mol. The molecule has 2 rings (SSSR count). The smallest absolute Gasteiger partial charge is 0.356 e. The normalized spacial score (nSPS) is 10.0. The summed E-state index contributed by atoms with van der Waals surface area (Å²) in [6.07, 6.45) is 0. The number of carbonyl (C=O) groups is 1. The van der Waals surface area contributed by atoms with E-state index in [2.05, 4.69) is 20.3 Å². The minimum atomic E-state index is -0.440. The Bertz CT molecular complexity index is 549. The zero-order valence-corrected chi connectivity index (χ0v) is 10.8. The lowest BCUT2D eigenvalue weighted by Gasteiger charge is -2.04. The van der Waals surface area contributed by atoms with Gasteiger partial charge in [-0.1, -0.05) is 12.1 Å². The molecule has 0 aliphatic carbocycles. The third-order valence-corrected chi connectivity index (χ3v) is 2.62. The lowest BCUT2D eigenvalue weighted by Crippen LogP contribution is -2.01. The van der Waals surface area contributed by atoms with Crippen LogP contribution >= 0.6 is 0 Å². The minimum Gasteiger partial charge on any atom is -0.497 e. The Balaban J connectivity index is 1.94. The van der Waals surface area contributed by atoms with Gasteiger partial charge in [0.25, 0.3) is 0 Å². The molecule has 1 aromatic heterocycles. The van der Waals surface area contributed by atoms with E-state index in [1.54, 1.807) is 13.2 Å². The maximum Gasteiger partial charge on any atom is 0.356 e. The topological polar surface area (TPSA) is 76.2 Å². The summed E-state index contributed by atoms with van der Waals surface area (Å²) >= 11 is 0. The number of rotatable bonds is 5. The fraction of sp³-hybridized carbons (Fsp3) is 0.231. The molecule has 1 aromatic carbocycles. The van der Waals surface area contributed by atoms with Gasteiger partial charge < -0.3 is 14.8 Å². The maximum atomic E-state index is 11.2. The Kier molecular flexibility index (Phi) is 4.02. The first-order chi connectivity index (χ1) is 9.22. The van der Waals surface area contributed by atoms with Crippen LogP contribution in [-0.2, 0) is 11.3 Å². The molecule has 2 aromatic rings. The maximum absolute atomic E-state index is 11.2. The van der Waals surface area contributed by atoms with Crippen LogP contribution in [0.5, 0.6) is 5.75 Å². The minimum absolute atomic E-state index is 0.319. The number of ether oxygens (including phenoxy) is 2. The number of benzene rings is 1. The number of esters is 1. The molecule has 0 amide bonds. The van der Waals surface area contributed by atoms with Gasteiger partial charge >= 0.3 is 5.97 Å². The van der Waals surface area contributed by atoms with Crippen LogP contribution in [-0.4, -0.2) is 30.4 Å². The predicted octanol–water partition coefficient (Wildman–Crippen LogP) is 1.82. The molecule has 0 aliphatic heterocycles. The fourth-order valence-corrected chi connectivity index (χ4v) is 1.56. The lowest BCUT2D eigenvalue weighted by molar-refractivity contribution is 0.0594. The van der Waals surface area contributed by atoms with Crippen LogP contribution in [0.4, 0.5) is 5.82 Å². The number of hydrogen-bond acceptors (Lipinski definition) is 5. The molecule has 2 N–H and O–H groups in total. The molecule has 1 heterocycles. The van der Waals surface area contributed by atoms with Crippen molar-refractivity contribution in [2.24, 2.45) is 0 Å². The van der Waals surface area contributed by atoms with Gasteiger partial charge in [-0.25, -0.2) is 4.79 Å². The second-order valence-corrected chi connectivity index (χ2v) is 3.86. The van der Waals surface area contributed by atoms with E-state index in [1.165, 1.54) is 7.11 Å². The summed E-state index contributed by atoms with van der Waals surface area (Å²) in [5.74, 6) is 0.970. The molecule has 19 heavy (non-hydrogen) atoms. The standard InChI is InChI=1S/C13H15N3O3/c1-18-10-5-3-9(4-6-10)8-14-12-7-11(15-16-12)13(17)19-2/h3-7H,8H2,1-2H3,(H2,14,15,16). The summed E-state index contributed by atoms with van der Waals surface area (Å²) in [5, 5.41) is 9.68. The number of H-pyrrole nitrogens is 1. The van der Waals surface area contributed by atoms with Crippen molar-refractivity contribution >= 4 is 11.8 Å². The number of anilines is 1. The Hall–Kier alpha value is -2.50. The quantitative estimate of drug-likeness (QED) is 0.803. The molecule has 0 atom stereocenters. The van der Waals surface area contributed by atoms with Crippen LogP contribution in [0.3, 0.4) is 0 Å². The van der Waals surface area contributed by atoms with E-state index in [0.29, 0.717) is 18.1 Å². The van der Waals surface area contributed by atoms with Gasteiger partial charge in [0, 0.05) is 12.6 Å². The van der Waals surface area contributed by atoms with Crippen LogP contribution < -0.4 is 10.1 Å². The number of nitrogens with one attached hydrogen (secondary N) is 2. The molecule has 100 valence electrons. The highest BCUT2D eigenvalue weighted by molar-refractivity contribution is 5.87. The first kappa shape index (κ1) is 12.9. The average molecular weight is 261 g/mol. The van der Waals surface area contributed by atoms with Crippen LogP contribution in [0.15, 0.2) is 30.3 Å². The van der Waals surface area contributed by atoms with Gasteiger partial charge in [0.15, 0.2) is 0 Å². The van der Waals surface area contributed by atoms with Crippen LogP contribution in [0, 0.1) is 0 Å². The van der Waals surface area contributed by atoms with Gasteiger partial charge in [-0.15, -0.1) is 0 Å². The van der Waals surface area contributed by atoms with Crippen molar-refractivity contribution in [3.05, 3.63) is 41.6 Å². The Morgan fingerprint density at radius 2 is 2.05 bits per heavy atom. The summed E-state index contributed by atoms with van der Waals surface area (Å²) in [7, 11) is 2.96. The van der Waals surface area contributed by atoms with Gasteiger partial charge in [0.05, 0.1) is 14.2 Å². The second-order valence-electron chi connectivity index (χ2n) is 3.86. The Labute approximate surface area is 110 Å². The number of hydrogen-bond donors (Lipinski definition) is 2. The first-order valence-corrected chi connectivity index (χ1v) is 5.73. The Morgan fingerprint density at radius 1 is 1.32 bits per heavy atom. The van der Waals surface area contributed by atoms with E-state index in [0.717, 1.165) is 11.3 Å². The van der Waals surface area contributed by atoms with Crippen molar-refractivity contribution in [3.63, 3.8) is 0 Å². The molecule has 0 fully saturated rings. The summed E-state index contributed by atoms with van der Waals surface area (Å²) in [6, 6.07) is 9.30. The summed E-state index contributed by atoms with van der Waals surface area (Å²) < 4.78 is 9.67. The van der Waals surface area contributed by atoms with E-state index in [1.807, 2.05) is 24.3 Å². The molecular formula is C13H15N3O3. The van der Waals surface area contributed by atoms with E-state index < -0.39 is 5.97 Å². The van der Waals surface area contributed by atoms with Crippen molar-refractivity contribution in [1.29, 1.82) is 0 Å². The van der Waals surface area contributed by atoms with E-state index in [4.69, 9.17) is 4.74 Å². The third-order valence-electron chi connectivity index (χ3n) is 2.62. The van der Waals surface area contributed by atoms with Gasteiger partial charge in [0.2, 0.25) is 0 Å². The summed E-state index contributed by atoms with van der Waals surface area (Å²) in [6.45, 7) is 0.607. The SMILES string of the molecule is COC(=O)c1cc(NCc2ccc(OC)cc2)n[nH]1. The van der Waals surface area contributed by atoms with Gasteiger partial charge in [-0.2, -0.15) is 5.10 Å². The van der Waals surface area contributed by atoms with E-state index >= 15 is 0 Å².